The Labute approximate surface area is 99.1 Å². The van der Waals surface area contributed by atoms with Crippen molar-refractivity contribution in [2.75, 3.05) is 6.26 Å². The van der Waals surface area contributed by atoms with Gasteiger partial charge in [0.1, 0.15) is 0 Å². The van der Waals surface area contributed by atoms with Crippen molar-refractivity contribution in [1.82, 2.24) is 0 Å². The van der Waals surface area contributed by atoms with E-state index >= 15 is 0 Å². The summed E-state index contributed by atoms with van der Waals surface area (Å²) in [6.45, 7) is 3.70. The normalized spacial score (nSPS) is 23.1. The molecule has 0 aliphatic carbocycles. The van der Waals surface area contributed by atoms with Gasteiger partial charge in [0.25, 0.3) is 5.44 Å². The Morgan fingerprint density at radius 3 is 2.47 bits per heavy atom. The first-order chi connectivity index (χ1) is 6.85. The highest BCUT2D eigenvalue weighted by molar-refractivity contribution is 8.04. The van der Waals surface area contributed by atoms with Crippen LogP contribution in [-0.2, 0) is 4.29 Å². The molecule has 0 amide bonds. The lowest BCUT2D eigenvalue weighted by Crippen LogP contribution is -2.62. The van der Waals surface area contributed by atoms with Crippen LogP contribution in [0, 0.1) is 10.2 Å². The van der Waals surface area contributed by atoms with E-state index < -0.39 is 15.7 Å². The van der Waals surface area contributed by atoms with Gasteiger partial charge in [0.15, 0.2) is 0 Å². The van der Waals surface area contributed by atoms with Gasteiger partial charge in [0.2, 0.25) is 0 Å². The van der Waals surface area contributed by atoms with Crippen LogP contribution in [0.4, 0.5) is 0 Å². The number of thioether (sulfide) groups is 2. The first kappa shape index (κ1) is 13.4. The minimum Gasteiger partial charge on any atom is -0.183 e. The van der Waals surface area contributed by atoms with E-state index in [-0.39, 0.29) is 0 Å². The molecule has 0 aromatic carbocycles. The Morgan fingerprint density at radius 1 is 1.40 bits per heavy atom. The molecule has 7 heteroatoms. The van der Waals surface area contributed by atoms with Gasteiger partial charge < -0.3 is 0 Å². The zero-order valence-corrected chi connectivity index (χ0v) is 10.9. The number of allylic oxidation sites excluding steroid dienone is 1. The highest BCUT2D eigenvalue weighted by atomic mass is 35.7. The molecule has 0 saturated carbocycles. The molecular formula is C8H11ClO4S2. The Balaban J connectivity index is 2.85. The molecule has 1 aliphatic heterocycles. The van der Waals surface area contributed by atoms with E-state index in [2.05, 4.69) is 4.29 Å². The molecule has 0 aromatic heterocycles. The van der Waals surface area contributed by atoms with Gasteiger partial charge in [-0.3, -0.25) is 0 Å². The van der Waals surface area contributed by atoms with Crippen LogP contribution in [0.2, 0.25) is 0 Å². The van der Waals surface area contributed by atoms with Gasteiger partial charge in [-0.15, -0.1) is 11.8 Å². The molecule has 1 aliphatic rings. The fraction of sp³-hybridized carbons (Fsp3) is 0.500. The van der Waals surface area contributed by atoms with Gasteiger partial charge in [-0.1, -0.05) is 11.8 Å². The molecule has 1 rings (SSSR count). The van der Waals surface area contributed by atoms with Crippen LogP contribution < -0.4 is 14.0 Å². The van der Waals surface area contributed by atoms with E-state index in [1.165, 1.54) is 23.5 Å². The van der Waals surface area contributed by atoms with Crippen molar-refractivity contribution in [3.63, 3.8) is 0 Å². The summed E-state index contributed by atoms with van der Waals surface area (Å²) in [4.78, 5) is 0.970. The van der Waals surface area contributed by atoms with Gasteiger partial charge in [-0.05, 0) is 36.7 Å². The predicted molar refractivity (Wildman–Crippen MR) is 52.4 cm³/mol. The molecule has 1 unspecified atom stereocenters. The van der Waals surface area contributed by atoms with E-state index in [0.29, 0.717) is 0 Å². The Morgan fingerprint density at radius 2 is 2.00 bits per heavy atom. The molecule has 1 atom stereocenters. The van der Waals surface area contributed by atoms with E-state index in [0.717, 1.165) is 16.1 Å². The molecule has 0 N–H and O–H groups in total. The predicted octanol–water partition coefficient (Wildman–Crippen LogP) is -0.486. The van der Waals surface area contributed by atoms with Crippen molar-refractivity contribution in [3.8, 4) is 0 Å². The maximum Gasteiger partial charge on any atom is 0.285 e. The lowest BCUT2D eigenvalue weighted by atomic mass is 10.2. The summed E-state index contributed by atoms with van der Waals surface area (Å²) in [6.07, 6.45) is 1.90. The number of hydrogen-bond acceptors (Lipinski definition) is 6. The van der Waals surface area contributed by atoms with Crippen LogP contribution in [-0.4, -0.2) is 11.7 Å². The van der Waals surface area contributed by atoms with Gasteiger partial charge in [0.05, 0.1) is 14.5 Å². The summed E-state index contributed by atoms with van der Waals surface area (Å²) in [6, 6.07) is 0. The van der Waals surface area contributed by atoms with Gasteiger partial charge >= 0.3 is 0 Å². The van der Waals surface area contributed by atoms with Crippen molar-refractivity contribution in [3.05, 3.63) is 21.5 Å². The first-order valence-corrected chi connectivity index (χ1v) is 7.42. The Kier molecular flexibility index (Phi) is 4.54. The molecule has 15 heavy (non-hydrogen) atoms. The van der Waals surface area contributed by atoms with Crippen LogP contribution >= 0.6 is 23.5 Å². The van der Waals surface area contributed by atoms with Crippen molar-refractivity contribution in [2.24, 2.45) is 0 Å². The van der Waals surface area contributed by atoms with Crippen molar-refractivity contribution in [1.29, 1.82) is 0 Å². The zero-order valence-electron chi connectivity index (χ0n) is 8.48. The zero-order chi connectivity index (χ0) is 11.6. The van der Waals surface area contributed by atoms with Crippen LogP contribution in [0.5, 0.6) is 0 Å². The minimum absolute atomic E-state index is 0.736. The monoisotopic (exact) mass is 270 g/mol. The lowest BCUT2D eigenvalue weighted by Gasteiger charge is -2.22. The average molecular weight is 271 g/mol. The topological polar surface area (TPSA) is 78.4 Å². The molecule has 0 bridgehead atoms. The second kappa shape index (κ2) is 5.09. The van der Waals surface area contributed by atoms with Gasteiger partial charge in [0, 0.05) is 4.91 Å². The average Bonchev–Trinajstić information content (AvgIpc) is 2.09. The highest BCUT2D eigenvalue weighted by Crippen LogP contribution is 2.38. The maximum absolute atomic E-state index is 10.5. The largest absolute Gasteiger partial charge is 0.285 e. The summed E-state index contributed by atoms with van der Waals surface area (Å²) >= 11 is 2.69. The molecule has 0 radical (unpaired) electrons. The van der Waals surface area contributed by atoms with Crippen LogP contribution in [0.3, 0.4) is 0 Å². The maximum atomic E-state index is 10.5. The summed E-state index contributed by atoms with van der Waals surface area (Å²) < 4.78 is 35.8. The van der Waals surface area contributed by atoms with Crippen LogP contribution in [0.1, 0.15) is 13.8 Å². The van der Waals surface area contributed by atoms with Crippen LogP contribution in [0.25, 0.3) is 0 Å². The third-order valence-corrected chi connectivity index (χ3v) is 4.57. The van der Waals surface area contributed by atoms with Gasteiger partial charge in [-0.2, -0.15) is 14.0 Å². The van der Waals surface area contributed by atoms with Gasteiger partial charge in [-0.25, -0.2) is 0 Å². The fourth-order valence-electron chi connectivity index (χ4n) is 1.25. The Bertz CT molecular complexity index is 308. The molecule has 1 heterocycles. The lowest BCUT2D eigenvalue weighted by molar-refractivity contribution is -1.92. The van der Waals surface area contributed by atoms with Crippen molar-refractivity contribution < 1.29 is 28.5 Å². The molecule has 4 nitrogen and oxygen atoms in total. The quantitative estimate of drug-likeness (QED) is 0.689. The third kappa shape index (κ3) is 3.67. The first-order valence-electron chi connectivity index (χ1n) is 4.01. The van der Waals surface area contributed by atoms with Crippen molar-refractivity contribution in [2.45, 2.75) is 19.3 Å². The van der Waals surface area contributed by atoms with E-state index in [4.69, 9.17) is 0 Å². The summed E-state index contributed by atoms with van der Waals surface area (Å²) in [7, 11) is -4.38. The highest BCUT2D eigenvalue weighted by Gasteiger charge is 2.33. The van der Waals surface area contributed by atoms with E-state index in [1.807, 2.05) is 13.2 Å². The van der Waals surface area contributed by atoms with Crippen LogP contribution in [0.15, 0.2) is 21.5 Å². The summed E-state index contributed by atoms with van der Waals surface area (Å²) in [5, 5.41) is 1.80. The molecular weight excluding hydrogens is 260 g/mol. The minimum atomic E-state index is -4.38. The second-order valence-corrected chi connectivity index (χ2v) is 5.64. The van der Waals surface area contributed by atoms with Crippen molar-refractivity contribution >= 4 is 23.5 Å². The third-order valence-electron chi connectivity index (χ3n) is 1.83. The molecule has 0 spiro atoms. The number of hydrogen-bond donors (Lipinski definition) is 0. The number of halogens is 1. The van der Waals surface area contributed by atoms with E-state index in [1.54, 1.807) is 12.3 Å². The SMILES string of the molecule is CSC1=C(C)C(O[Cl+3]([O-])([O-])[O-])SC=C1C. The summed E-state index contributed by atoms with van der Waals surface area (Å²) in [5.41, 5.74) is 1.09. The Hall–Kier alpha value is 0.310. The molecule has 0 aromatic rings. The standard InChI is InChI=1S/C8H11ClO4S2/c1-5-4-15-8(13-9(10,11)12)6(2)7(5)14-3/h4,8H,1-3H3. The summed E-state index contributed by atoms with van der Waals surface area (Å²) in [5.74, 6) is 0. The molecule has 0 fully saturated rings. The smallest absolute Gasteiger partial charge is 0.183 e. The molecule has 86 valence electrons. The second-order valence-electron chi connectivity index (χ2n) is 2.95. The fourth-order valence-corrected chi connectivity index (χ4v) is 3.74. The molecule has 0 saturated heterocycles. The number of rotatable bonds is 3. The van der Waals surface area contributed by atoms with E-state index in [9.17, 15) is 14.0 Å².